The van der Waals surface area contributed by atoms with Crippen LogP contribution in [-0.2, 0) is 13.2 Å². The summed E-state index contributed by atoms with van der Waals surface area (Å²) in [4.78, 5) is 13.4. The quantitative estimate of drug-likeness (QED) is 0.642. The summed E-state index contributed by atoms with van der Waals surface area (Å²) in [7, 11) is 1.43. The summed E-state index contributed by atoms with van der Waals surface area (Å²) in [5.41, 5.74) is -0.903. The number of aromatic nitrogens is 2. The molecule has 6 nitrogen and oxygen atoms in total. The molecule has 20 heavy (non-hydrogen) atoms. The van der Waals surface area contributed by atoms with Gasteiger partial charge in [-0.1, -0.05) is 6.07 Å². The van der Waals surface area contributed by atoms with Crippen LogP contribution in [-0.4, -0.2) is 14.5 Å². The summed E-state index contributed by atoms with van der Waals surface area (Å²) in [5, 5.41) is 10.7. The molecule has 0 amide bonds. The summed E-state index contributed by atoms with van der Waals surface area (Å²) in [6, 6.07) is 4.06. The topological polar surface area (TPSA) is 70.2 Å². The van der Waals surface area contributed by atoms with Crippen LogP contribution in [0.4, 0.5) is 19.0 Å². The minimum Gasteiger partial charge on any atom is -0.434 e. The Labute approximate surface area is 110 Å². The van der Waals surface area contributed by atoms with E-state index in [0.717, 1.165) is 24.5 Å². The normalized spacial score (nSPS) is 11.4. The standard InChI is InChI=1S/C11H8F3N3O3/c1-16-6-15-9(17(18)19)10(16)20-8-4-2-3-7(5-8)11(12,13)14/h2-6H,1H3. The lowest BCUT2D eigenvalue weighted by molar-refractivity contribution is -0.390. The number of nitrogens with zero attached hydrogens (tertiary/aromatic N) is 3. The second kappa shape index (κ2) is 4.83. The van der Waals surface area contributed by atoms with Gasteiger partial charge in [-0.05, 0) is 28.1 Å². The molecule has 0 radical (unpaired) electrons. The highest BCUT2D eigenvalue weighted by Crippen LogP contribution is 2.34. The van der Waals surface area contributed by atoms with E-state index in [0.29, 0.717) is 0 Å². The third-order valence-corrected chi connectivity index (χ3v) is 2.41. The summed E-state index contributed by atoms with van der Waals surface area (Å²) >= 11 is 0. The van der Waals surface area contributed by atoms with Crippen molar-refractivity contribution in [2.75, 3.05) is 0 Å². The van der Waals surface area contributed by atoms with Crippen LogP contribution in [0, 0.1) is 10.1 Å². The molecule has 0 N–H and O–H groups in total. The van der Waals surface area contributed by atoms with Crippen LogP contribution in [0.1, 0.15) is 5.56 Å². The van der Waals surface area contributed by atoms with Crippen LogP contribution in [0.5, 0.6) is 11.6 Å². The van der Waals surface area contributed by atoms with E-state index in [1.807, 2.05) is 0 Å². The van der Waals surface area contributed by atoms with Crippen molar-refractivity contribution in [2.45, 2.75) is 6.18 Å². The van der Waals surface area contributed by atoms with Crippen molar-refractivity contribution in [3.8, 4) is 11.6 Å². The molecule has 1 aromatic carbocycles. The fourth-order valence-corrected chi connectivity index (χ4v) is 1.50. The SMILES string of the molecule is Cn1cnc([N+](=O)[O-])c1Oc1cccc(C(F)(F)F)c1. The highest BCUT2D eigenvalue weighted by atomic mass is 19.4. The first kappa shape index (κ1) is 13.8. The Bertz CT molecular complexity index is 652. The predicted octanol–water partition coefficient (Wildman–Crippen LogP) is 3.14. The van der Waals surface area contributed by atoms with Crippen LogP contribution >= 0.6 is 0 Å². The second-order valence-corrected chi connectivity index (χ2v) is 3.87. The molecule has 1 heterocycles. The predicted molar refractivity (Wildman–Crippen MR) is 61.4 cm³/mol. The van der Waals surface area contributed by atoms with E-state index in [1.165, 1.54) is 17.7 Å². The van der Waals surface area contributed by atoms with Crippen molar-refractivity contribution in [1.29, 1.82) is 0 Å². The number of ether oxygens (including phenoxy) is 1. The van der Waals surface area contributed by atoms with Crippen LogP contribution in [0.3, 0.4) is 0 Å². The lowest BCUT2D eigenvalue weighted by Gasteiger charge is -2.09. The van der Waals surface area contributed by atoms with Crippen molar-refractivity contribution in [3.63, 3.8) is 0 Å². The molecule has 0 aliphatic rings. The number of halogens is 3. The lowest BCUT2D eigenvalue weighted by atomic mass is 10.2. The molecule has 9 heteroatoms. The summed E-state index contributed by atoms with van der Waals surface area (Å²) in [6.07, 6.45) is -3.38. The first-order valence-electron chi connectivity index (χ1n) is 5.30. The number of rotatable bonds is 3. The molecule has 1 aromatic heterocycles. The van der Waals surface area contributed by atoms with E-state index in [1.54, 1.807) is 0 Å². The maximum absolute atomic E-state index is 12.6. The van der Waals surface area contributed by atoms with Crippen LogP contribution in [0.15, 0.2) is 30.6 Å². The van der Waals surface area contributed by atoms with E-state index in [4.69, 9.17) is 4.74 Å². The average Bonchev–Trinajstić information content (AvgIpc) is 2.70. The largest absolute Gasteiger partial charge is 0.434 e. The first-order valence-corrected chi connectivity index (χ1v) is 5.30. The fourth-order valence-electron chi connectivity index (χ4n) is 1.50. The van der Waals surface area contributed by atoms with Gasteiger partial charge < -0.3 is 14.9 Å². The zero-order chi connectivity index (χ0) is 14.9. The molecule has 2 aromatic rings. The molecule has 0 aliphatic carbocycles. The highest BCUT2D eigenvalue weighted by molar-refractivity contribution is 5.39. The van der Waals surface area contributed by atoms with Gasteiger partial charge >= 0.3 is 17.9 Å². The van der Waals surface area contributed by atoms with Crippen molar-refractivity contribution in [1.82, 2.24) is 9.55 Å². The van der Waals surface area contributed by atoms with Gasteiger partial charge in [0, 0.05) is 7.05 Å². The first-order chi connectivity index (χ1) is 9.29. The molecular formula is C11H8F3N3O3. The molecule has 0 unspecified atom stereocenters. The summed E-state index contributed by atoms with van der Waals surface area (Å²) in [6.45, 7) is 0. The molecular weight excluding hydrogens is 279 g/mol. The van der Waals surface area contributed by atoms with Crippen LogP contribution in [0.2, 0.25) is 0 Å². The molecule has 0 aliphatic heterocycles. The summed E-state index contributed by atoms with van der Waals surface area (Å²) in [5.74, 6) is -0.967. The smallest absolute Gasteiger partial charge is 0.427 e. The number of hydrogen-bond donors (Lipinski definition) is 0. The van der Waals surface area contributed by atoms with E-state index in [2.05, 4.69) is 4.98 Å². The highest BCUT2D eigenvalue weighted by Gasteiger charge is 2.31. The Morgan fingerprint density at radius 3 is 2.70 bits per heavy atom. The number of benzene rings is 1. The molecule has 0 saturated carbocycles. The maximum Gasteiger partial charge on any atom is 0.427 e. The third kappa shape index (κ3) is 2.71. The van der Waals surface area contributed by atoms with Gasteiger partial charge in [-0.25, -0.2) is 0 Å². The van der Waals surface area contributed by atoms with Crippen molar-refractivity contribution >= 4 is 5.82 Å². The Hall–Kier alpha value is -2.58. The van der Waals surface area contributed by atoms with E-state index >= 15 is 0 Å². The van der Waals surface area contributed by atoms with Gasteiger partial charge in [-0.3, -0.25) is 4.57 Å². The Morgan fingerprint density at radius 1 is 1.40 bits per heavy atom. The number of hydrogen-bond acceptors (Lipinski definition) is 4. The van der Waals surface area contributed by atoms with Gasteiger partial charge in [0.25, 0.3) is 0 Å². The van der Waals surface area contributed by atoms with Gasteiger partial charge in [0.1, 0.15) is 5.75 Å². The van der Waals surface area contributed by atoms with E-state index in [9.17, 15) is 23.3 Å². The van der Waals surface area contributed by atoms with Crippen molar-refractivity contribution in [2.24, 2.45) is 7.05 Å². The fraction of sp³-hybridized carbons (Fsp3) is 0.182. The van der Waals surface area contributed by atoms with E-state index < -0.39 is 22.5 Å². The lowest BCUT2D eigenvalue weighted by Crippen LogP contribution is -2.05. The molecule has 2 rings (SSSR count). The molecule has 0 saturated heterocycles. The van der Waals surface area contributed by atoms with Crippen LogP contribution < -0.4 is 4.74 Å². The molecule has 106 valence electrons. The van der Waals surface area contributed by atoms with Crippen molar-refractivity contribution in [3.05, 3.63) is 46.3 Å². The average molecular weight is 287 g/mol. The number of aryl methyl sites for hydroxylation is 1. The molecule has 0 fully saturated rings. The van der Waals surface area contributed by atoms with Gasteiger partial charge in [0.2, 0.25) is 6.33 Å². The molecule has 0 atom stereocenters. The monoisotopic (exact) mass is 287 g/mol. The minimum absolute atomic E-state index is 0.161. The Balaban J connectivity index is 2.36. The zero-order valence-corrected chi connectivity index (χ0v) is 10.1. The third-order valence-electron chi connectivity index (χ3n) is 2.41. The second-order valence-electron chi connectivity index (χ2n) is 3.87. The van der Waals surface area contributed by atoms with Crippen molar-refractivity contribution < 1.29 is 22.8 Å². The molecule has 0 spiro atoms. The number of nitro groups is 1. The van der Waals surface area contributed by atoms with Gasteiger partial charge in [0.05, 0.1) is 5.56 Å². The Kier molecular flexibility index (Phi) is 3.35. The molecule has 0 bridgehead atoms. The van der Waals surface area contributed by atoms with Gasteiger partial charge in [-0.15, -0.1) is 0 Å². The van der Waals surface area contributed by atoms with Gasteiger partial charge in [0.15, 0.2) is 0 Å². The maximum atomic E-state index is 12.6. The van der Waals surface area contributed by atoms with Crippen LogP contribution in [0.25, 0.3) is 0 Å². The minimum atomic E-state index is -4.52. The number of imidazole rings is 1. The number of alkyl halides is 3. The van der Waals surface area contributed by atoms with Gasteiger partial charge in [-0.2, -0.15) is 13.2 Å². The Morgan fingerprint density at radius 2 is 2.10 bits per heavy atom. The summed E-state index contributed by atoms with van der Waals surface area (Å²) < 4.78 is 44.0. The zero-order valence-electron chi connectivity index (χ0n) is 10.1. The van der Waals surface area contributed by atoms with E-state index in [-0.39, 0.29) is 11.6 Å².